The molecule has 15 heavy (non-hydrogen) atoms. The van der Waals surface area contributed by atoms with Gasteiger partial charge in [0.15, 0.2) is 0 Å². The van der Waals surface area contributed by atoms with Crippen LogP contribution in [0.15, 0.2) is 18.2 Å². The van der Waals surface area contributed by atoms with E-state index in [2.05, 4.69) is 0 Å². The Morgan fingerprint density at radius 3 is 2.27 bits per heavy atom. The Morgan fingerprint density at radius 2 is 1.80 bits per heavy atom. The van der Waals surface area contributed by atoms with E-state index in [-0.39, 0.29) is 11.7 Å². The van der Waals surface area contributed by atoms with Crippen LogP contribution in [-0.4, -0.2) is 5.11 Å². The Morgan fingerprint density at radius 1 is 1.20 bits per heavy atom. The van der Waals surface area contributed by atoms with Gasteiger partial charge in [-0.15, -0.1) is 0 Å². The summed E-state index contributed by atoms with van der Waals surface area (Å²) in [7, 11) is 0. The van der Waals surface area contributed by atoms with Gasteiger partial charge in [0, 0.05) is 0 Å². The molecule has 1 rings (SSSR count). The van der Waals surface area contributed by atoms with Crippen molar-refractivity contribution in [3.8, 4) is 0 Å². The van der Waals surface area contributed by atoms with E-state index in [4.69, 9.17) is 0 Å². The molecule has 0 aromatic heterocycles. The van der Waals surface area contributed by atoms with Crippen LogP contribution in [0.5, 0.6) is 0 Å². The number of benzene rings is 1. The Kier molecular flexibility index (Phi) is 4.28. The summed E-state index contributed by atoms with van der Waals surface area (Å²) in [6.07, 6.45) is 1.27. The molecule has 0 heterocycles. The fourth-order valence-corrected chi connectivity index (χ4v) is 1.94. The van der Waals surface area contributed by atoms with Crippen molar-refractivity contribution < 1.29 is 9.50 Å². The van der Waals surface area contributed by atoms with Crippen molar-refractivity contribution in [1.82, 2.24) is 0 Å². The lowest BCUT2D eigenvalue weighted by atomic mass is 9.91. The fraction of sp³-hybridized carbons (Fsp3) is 0.538. The summed E-state index contributed by atoms with van der Waals surface area (Å²) in [5.74, 6) is -0.0544. The zero-order valence-electron chi connectivity index (χ0n) is 9.63. The van der Waals surface area contributed by atoms with Gasteiger partial charge in [-0.05, 0) is 36.1 Å². The van der Waals surface area contributed by atoms with Crippen molar-refractivity contribution in [1.29, 1.82) is 0 Å². The molecule has 0 amide bonds. The quantitative estimate of drug-likeness (QED) is 0.805. The average Bonchev–Trinajstić information content (AvgIpc) is 2.18. The maximum atomic E-state index is 13.1. The topological polar surface area (TPSA) is 20.2 Å². The van der Waals surface area contributed by atoms with Gasteiger partial charge in [0.05, 0.1) is 6.10 Å². The Balaban J connectivity index is 2.94. The molecule has 2 heteroatoms. The van der Waals surface area contributed by atoms with Crippen molar-refractivity contribution in [2.45, 2.75) is 39.7 Å². The molecule has 1 atom stereocenters. The highest BCUT2D eigenvalue weighted by Crippen LogP contribution is 2.28. The molecule has 0 saturated carbocycles. The summed E-state index contributed by atoms with van der Waals surface area (Å²) in [4.78, 5) is 0. The number of halogens is 1. The van der Waals surface area contributed by atoms with E-state index >= 15 is 0 Å². The molecule has 84 valence electrons. The van der Waals surface area contributed by atoms with Crippen LogP contribution in [0, 0.1) is 18.7 Å². The molecule has 1 aromatic rings. The van der Waals surface area contributed by atoms with E-state index < -0.39 is 6.10 Å². The van der Waals surface area contributed by atoms with E-state index in [0.29, 0.717) is 5.56 Å². The van der Waals surface area contributed by atoms with Gasteiger partial charge in [0.2, 0.25) is 0 Å². The molecular formula is C13H19FO. The van der Waals surface area contributed by atoms with E-state index in [1.165, 1.54) is 12.1 Å². The van der Waals surface area contributed by atoms with Gasteiger partial charge < -0.3 is 5.11 Å². The van der Waals surface area contributed by atoms with Crippen LogP contribution in [0.4, 0.5) is 4.39 Å². The summed E-state index contributed by atoms with van der Waals surface area (Å²) in [6, 6.07) is 4.76. The minimum absolute atomic E-state index is 0.214. The standard InChI is InChI=1S/C13H19FO/c1-4-10(5-2)13(15)11-6-9(3)7-12(14)8-11/h6-8,10,13,15H,4-5H2,1-3H3. The minimum atomic E-state index is -0.547. The van der Waals surface area contributed by atoms with Gasteiger partial charge in [-0.2, -0.15) is 0 Å². The second-order valence-electron chi connectivity index (χ2n) is 4.08. The van der Waals surface area contributed by atoms with Crippen LogP contribution in [0.1, 0.15) is 43.9 Å². The number of hydrogen-bond acceptors (Lipinski definition) is 1. The molecule has 0 radical (unpaired) electrons. The summed E-state index contributed by atoms with van der Waals surface area (Å²) < 4.78 is 13.1. The zero-order valence-corrected chi connectivity index (χ0v) is 9.63. The molecule has 0 saturated heterocycles. The summed E-state index contributed by atoms with van der Waals surface area (Å²) in [5.41, 5.74) is 1.55. The molecule has 0 aliphatic heterocycles. The molecule has 0 bridgehead atoms. The molecule has 1 nitrogen and oxygen atoms in total. The van der Waals surface area contributed by atoms with Gasteiger partial charge in [0.25, 0.3) is 0 Å². The third-order valence-electron chi connectivity index (χ3n) is 2.90. The summed E-state index contributed by atoms with van der Waals surface area (Å²) in [6.45, 7) is 5.93. The van der Waals surface area contributed by atoms with Crippen molar-refractivity contribution in [2.24, 2.45) is 5.92 Å². The lowest BCUT2D eigenvalue weighted by Crippen LogP contribution is -2.11. The van der Waals surface area contributed by atoms with E-state index in [0.717, 1.165) is 18.4 Å². The molecule has 0 aliphatic rings. The van der Waals surface area contributed by atoms with Crippen molar-refractivity contribution in [3.63, 3.8) is 0 Å². The van der Waals surface area contributed by atoms with Crippen LogP contribution >= 0.6 is 0 Å². The van der Waals surface area contributed by atoms with E-state index in [1.54, 1.807) is 0 Å². The zero-order chi connectivity index (χ0) is 11.4. The Hall–Kier alpha value is -0.890. The van der Waals surface area contributed by atoms with Gasteiger partial charge in [-0.3, -0.25) is 0 Å². The molecule has 0 spiro atoms. The van der Waals surface area contributed by atoms with Crippen LogP contribution in [0.25, 0.3) is 0 Å². The van der Waals surface area contributed by atoms with Crippen molar-refractivity contribution >= 4 is 0 Å². The molecule has 0 fully saturated rings. The van der Waals surface area contributed by atoms with Gasteiger partial charge in [0.1, 0.15) is 5.82 Å². The molecule has 1 aromatic carbocycles. The highest BCUT2D eigenvalue weighted by atomic mass is 19.1. The second kappa shape index (κ2) is 5.26. The number of hydrogen-bond donors (Lipinski definition) is 1. The number of aliphatic hydroxyl groups is 1. The number of rotatable bonds is 4. The van der Waals surface area contributed by atoms with Crippen molar-refractivity contribution in [2.75, 3.05) is 0 Å². The van der Waals surface area contributed by atoms with Crippen LogP contribution < -0.4 is 0 Å². The van der Waals surface area contributed by atoms with Gasteiger partial charge in [-0.1, -0.05) is 32.8 Å². The first-order chi connectivity index (χ1) is 7.08. The first-order valence-electron chi connectivity index (χ1n) is 5.53. The first kappa shape index (κ1) is 12.2. The van der Waals surface area contributed by atoms with Crippen LogP contribution in [0.2, 0.25) is 0 Å². The van der Waals surface area contributed by atoms with Crippen molar-refractivity contribution in [3.05, 3.63) is 35.1 Å². The normalized spacial score (nSPS) is 13.2. The Bertz CT molecular complexity index is 298. The number of aryl methyl sites for hydroxylation is 1. The highest BCUT2D eigenvalue weighted by Gasteiger charge is 2.18. The smallest absolute Gasteiger partial charge is 0.123 e. The SMILES string of the molecule is CCC(CC)C(O)c1cc(C)cc(F)c1. The fourth-order valence-electron chi connectivity index (χ4n) is 1.94. The lowest BCUT2D eigenvalue weighted by molar-refractivity contribution is 0.103. The lowest BCUT2D eigenvalue weighted by Gasteiger charge is -2.20. The average molecular weight is 210 g/mol. The second-order valence-corrected chi connectivity index (χ2v) is 4.08. The minimum Gasteiger partial charge on any atom is -0.388 e. The Labute approximate surface area is 90.9 Å². The van der Waals surface area contributed by atoms with E-state index in [1.807, 2.05) is 26.8 Å². The molecular weight excluding hydrogens is 191 g/mol. The van der Waals surface area contributed by atoms with Crippen LogP contribution in [-0.2, 0) is 0 Å². The largest absolute Gasteiger partial charge is 0.388 e. The van der Waals surface area contributed by atoms with Gasteiger partial charge >= 0.3 is 0 Å². The maximum absolute atomic E-state index is 13.1. The highest BCUT2D eigenvalue weighted by molar-refractivity contribution is 5.25. The third-order valence-corrected chi connectivity index (χ3v) is 2.90. The molecule has 1 N–H and O–H groups in total. The predicted molar refractivity (Wildman–Crippen MR) is 60.2 cm³/mol. The predicted octanol–water partition coefficient (Wildman–Crippen LogP) is 3.60. The third kappa shape index (κ3) is 3.03. The van der Waals surface area contributed by atoms with Crippen LogP contribution in [0.3, 0.4) is 0 Å². The van der Waals surface area contributed by atoms with Gasteiger partial charge in [-0.25, -0.2) is 4.39 Å². The van der Waals surface area contributed by atoms with E-state index in [9.17, 15) is 9.50 Å². The molecule has 0 aliphatic carbocycles. The first-order valence-corrected chi connectivity index (χ1v) is 5.53. The molecule has 1 unspecified atom stereocenters. The monoisotopic (exact) mass is 210 g/mol. The maximum Gasteiger partial charge on any atom is 0.123 e. The summed E-state index contributed by atoms with van der Waals surface area (Å²) in [5, 5.41) is 10.1. The summed E-state index contributed by atoms with van der Waals surface area (Å²) >= 11 is 0. The number of aliphatic hydroxyl groups excluding tert-OH is 1.